The highest BCUT2D eigenvalue weighted by atomic mass is 16.6. The van der Waals surface area contributed by atoms with Crippen molar-refractivity contribution in [3.8, 4) is 0 Å². The van der Waals surface area contributed by atoms with Crippen LogP contribution in [0.4, 0.5) is 11.5 Å². The highest BCUT2D eigenvalue weighted by Gasteiger charge is 2.33. The van der Waals surface area contributed by atoms with Crippen molar-refractivity contribution in [2.75, 3.05) is 10.6 Å². The molecule has 1 unspecified atom stereocenters. The number of anilines is 2. The van der Waals surface area contributed by atoms with E-state index in [9.17, 15) is 19.7 Å². The molecule has 0 radical (unpaired) electrons. The maximum Gasteiger partial charge on any atom is 0.365 e. The Kier molecular flexibility index (Phi) is 1.97. The molecule has 2 N–H and O–H groups in total. The van der Waals surface area contributed by atoms with Gasteiger partial charge in [0.05, 0.1) is 4.92 Å². The summed E-state index contributed by atoms with van der Waals surface area (Å²) in [4.78, 5) is 33.1. The van der Waals surface area contributed by atoms with Crippen molar-refractivity contribution in [2.24, 2.45) is 14.1 Å². The molecule has 0 saturated carbocycles. The fourth-order valence-corrected chi connectivity index (χ4v) is 1.55. The van der Waals surface area contributed by atoms with E-state index in [1.165, 1.54) is 14.1 Å². The van der Waals surface area contributed by atoms with E-state index in [1.54, 1.807) is 0 Å². The number of nitro groups is 1. The molecule has 2 heterocycles. The summed E-state index contributed by atoms with van der Waals surface area (Å²) in [6.45, 7) is 0. The van der Waals surface area contributed by atoms with Gasteiger partial charge < -0.3 is 0 Å². The van der Waals surface area contributed by atoms with Gasteiger partial charge >= 0.3 is 12.0 Å². The van der Waals surface area contributed by atoms with Crippen LogP contribution in [0.25, 0.3) is 0 Å². The largest absolute Gasteiger partial charge is 0.365 e. The van der Waals surface area contributed by atoms with E-state index in [-0.39, 0.29) is 11.5 Å². The van der Waals surface area contributed by atoms with E-state index in [0.717, 1.165) is 9.13 Å². The van der Waals surface area contributed by atoms with Gasteiger partial charge in [-0.1, -0.05) is 0 Å². The van der Waals surface area contributed by atoms with Crippen molar-refractivity contribution in [3.63, 3.8) is 0 Å². The van der Waals surface area contributed by atoms with Crippen LogP contribution in [-0.4, -0.2) is 20.3 Å². The summed E-state index contributed by atoms with van der Waals surface area (Å²) >= 11 is 0. The number of nitrogens with one attached hydrogen (secondary N) is 2. The molecule has 0 fully saturated rings. The first-order valence-electron chi connectivity index (χ1n) is 4.40. The highest BCUT2D eigenvalue weighted by Crippen LogP contribution is 2.22. The van der Waals surface area contributed by atoms with Crippen LogP contribution >= 0.6 is 0 Å². The summed E-state index contributed by atoms with van der Waals surface area (Å²) in [7, 11) is 2.74. The first-order valence-corrected chi connectivity index (χ1v) is 4.40. The molecule has 1 aliphatic rings. The first kappa shape index (κ1) is 10.2. The van der Waals surface area contributed by atoms with Crippen molar-refractivity contribution < 1.29 is 4.92 Å². The molecular formula is C7H9N5O4. The van der Waals surface area contributed by atoms with E-state index in [4.69, 9.17) is 0 Å². The van der Waals surface area contributed by atoms with Gasteiger partial charge in [0.15, 0.2) is 0 Å². The molecule has 2 rings (SSSR count). The number of rotatable bonds is 1. The van der Waals surface area contributed by atoms with E-state index in [1.807, 2.05) is 0 Å². The van der Waals surface area contributed by atoms with Crippen LogP contribution in [-0.2, 0) is 14.1 Å². The molecule has 1 aliphatic heterocycles. The summed E-state index contributed by atoms with van der Waals surface area (Å²) < 4.78 is 2.03. The maximum atomic E-state index is 11.6. The minimum atomic E-state index is -1.28. The molecule has 0 aliphatic carbocycles. The SMILES string of the molecule is Cn1c2c(c(=O)n(C)c1=O)NC([N+](=O)[O-])N2. The summed E-state index contributed by atoms with van der Waals surface area (Å²) in [6, 6.07) is 0. The molecular weight excluding hydrogens is 218 g/mol. The lowest BCUT2D eigenvalue weighted by atomic mass is 10.4. The van der Waals surface area contributed by atoms with Crippen LogP contribution < -0.4 is 21.9 Å². The summed E-state index contributed by atoms with van der Waals surface area (Å²) in [5, 5.41) is 15.4. The summed E-state index contributed by atoms with van der Waals surface area (Å²) in [5.74, 6) is 0.134. The van der Waals surface area contributed by atoms with Crippen LogP contribution in [0, 0.1) is 10.1 Å². The van der Waals surface area contributed by atoms with Gasteiger partial charge in [-0.2, -0.15) is 0 Å². The van der Waals surface area contributed by atoms with Crippen molar-refractivity contribution in [1.29, 1.82) is 0 Å². The molecule has 0 aromatic carbocycles. The number of hydrogen-bond acceptors (Lipinski definition) is 6. The Hall–Kier alpha value is -2.32. The van der Waals surface area contributed by atoms with Crippen LogP contribution in [0.3, 0.4) is 0 Å². The summed E-state index contributed by atoms with van der Waals surface area (Å²) in [6.07, 6.45) is -1.28. The van der Waals surface area contributed by atoms with Crippen molar-refractivity contribution >= 4 is 11.5 Å². The lowest BCUT2D eigenvalue weighted by Crippen LogP contribution is -2.37. The monoisotopic (exact) mass is 227 g/mol. The van der Waals surface area contributed by atoms with Crippen molar-refractivity contribution in [2.45, 2.75) is 6.29 Å². The van der Waals surface area contributed by atoms with Gasteiger partial charge in [0.1, 0.15) is 11.5 Å². The van der Waals surface area contributed by atoms with Crippen molar-refractivity contribution in [1.82, 2.24) is 9.13 Å². The second-order valence-electron chi connectivity index (χ2n) is 3.41. The average molecular weight is 227 g/mol. The molecule has 1 atom stereocenters. The Morgan fingerprint density at radius 1 is 1.25 bits per heavy atom. The molecule has 0 spiro atoms. The zero-order valence-corrected chi connectivity index (χ0v) is 8.55. The second-order valence-corrected chi connectivity index (χ2v) is 3.41. The number of hydrogen-bond donors (Lipinski definition) is 2. The number of nitrogens with zero attached hydrogens (tertiary/aromatic N) is 3. The van der Waals surface area contributed by atoms with Crippen LogP contribution in [0.5, 0.6) is 0 Å². The van der Waals surface area contributed by atoms with Crippen LogP contribution in [0.2, 0.25) is 0 Å². The van der Waals surface area contributed by atoms with E-state index in [2.05, 4.69) is 10.6 Å². The Morgan fingerprint density at radius 2 is 1.88 bits per heavy atom. The zero-order valence-electron chi connectivity index (χ0n) is 8.55. The fourth-order valence-electron chi connectivity index (χ4n) is 1.55. The molecule has 0 amide bonds. The zero-order chi connectivity index (χ0) is 12.0. The van der Waals surface area contributed by atoms with Gasteiger partial charge in [-0.05, 0) is 0 Å². The number of fused-ring (bicyclic) bond motifs is 1. The van der Waals surface area contributed by atoms with Crippen molar-refractivity contribution in [3.05, 3.63) is 31.0 Å². The second kappa shape index (κ2) is 3.08. The van der Waals surface area contributed by atoms with Gasteiger partial charge in [-0.15, -0.1) is 0 Å². The smallest absolute Gasteiger partial charge is 0.297 e. The molecule has 1 aromatic rings. The predicted molar refractivity (Wildman–Crippen MR) is 55.0 cm³/mol. The third kappa shape index (κ3) is 1.17. The standard InChI is InChI=1S/C7H9N5O4/c1-10-4-3(5(13)11(2)7(10)14)8-6(9-4)12(15)16/h6,8-9H,1-2H3. The number of aromatic nitrogens is 2. The van der Waals surface area contributed by atoms with Gasteiger partial charge in [0.25, 0.3) is 5.56 Å². The van der Waals surface area contributed by atoms with Gasteiger partial charge in [0, 0.05) is 14.1 Å². The lowest BCUT2D eigenvalue weighted by molar-refractivity contribution is -0.506. The molecule has 16 heavy (non-hydrogen) atoms. The van der Waals surface area contributed by atoms with Gasteiger partial charge in [0.2, 0.25) is 0 Å². The topological polar surface area (TPSA) is 111 Å². The molecule has 0 saturated heterocycles. The van der Waals surface area contributed by atoms with E-state index < -0.39 is 22.5 Å². The highest BCUT2D eigenvalue weighted by molar-refractivity contribution is 5.68. The van der Waals surface area contributed by atoms with Gasteiger partial charge in [-0.25, -0.2) is 4.79 Å². The van der Waals surface area contributed by atoms with E-state index >= 15 is 0 Å². The van der Waals surface area contributed by atoms with Gasteiger partial charge in [-0.3, -0.25) is 34.7 Å². The third-order valence-corrected chi connectivity index (χ3v) is 2.43. The molecule has 1 aromatic heterocycles. The minimum Gasteiger partial charge on any atom is -0.297 e. The van der Waals surface area contributed by atoms with E-state index in [0.29, 0.717) is 0 Å². The Bertz CT molecular complexity index is 586. The average Bonchev–Trinajstić information content (AvgIpc) is 2.68. The quantitative estimate of drug-likeness (QED) is 0.445. The lowest BCUT2D eigenvalue weighted by Gasteiger charge is -2.06. The van der Waals surface area contributed by atoms with Crippen LogP contribution in [0.15, 0.2) is 9.59 Å². The third-order valence-electron chi connectivity index (χ3n) is 2.43. The molecule has 9 heteroatoms. The molecule has 86 valence electrons. The predicted octanol–water partition coefficient (Wildman–Crippen LogP) is -1.52. The molecule has 0 bridgehead atoms. The fraction of sp³-hybridized carbons (Fsp3) is 0.429. The minimum absolute atomic E-state index is 0.0336. The maximum absolute atomic E-state index is 11.6. The Balaban J connectivity index is 2.67. The summed E-state index contributed by atoms with van der Waals surface area (Å²) in [5.41, 5.74) is -1.09. The Morgan fingerprint density at radius 3 is 2.44 bits per heavy atom. The molecule has 9 nitrogen and oxygen atoms in total. The van der Waals surface area contributed by atoms with Crippen LogP contribution in [0.1, 0.15) is 0 Å². The Labute approximate surface area is 88.5 Å². The normalized spacial score (nSPS) is 17.5. The first-order chi connectivity index (χ1) is 7.43.